The predicted octanol–water partition coefficient (Wildman–Crippen LogP) is 12.7. The highest BCUT2D eigenvalue weighted by atomic mass is 15.1. The summed E-state index contributed by atoms with van der Waals surface area (Å²) < 4.78 is 0. The third kappa shape index (κ3) is 5.04. The molecule has 0 spiro atoms. The number of hydrogen-bond acceptors (Lipinski definition) is 4. The lowest BCUT2D eigenvalue weighted by molar-refractivity contribution is 0.578. The van der Waals surface area contributed by atoms with Crippen molar-refractivity contribution >= 4 is 76.5 Å². The summed E-state index contributed by atoms with van der Waals surface area (Å²) in [6.45, 7) is 4.39. The Balaban J connectivity index is 1.36. The molecule has 2 aromatic heterocycles. The lowest BCUT2D eigenvalue weighted by Gasteiger charge is -2.31. The van der Waals surface area contributed by atoms with Gasteiger partial charge in [-0.25, -0.2) is 9.97 Å². The molecule has 4 heteroatoms. The summed E-state index contributed by atoms with van der Waals surface area (Å²) in [6.07, 6.45) is 7.56. The van der Waals surface area contributed by atoms with Crippen LogP contribution in [0, 0.1) is 0 Å². The molecule has 2 aliphatic heterocycles. The number of benzene rings is 7. The summed E-state index contributed by atoms with van der Waals surface area (Å²) in [6, 6.07) is 49.7. The van der Waals surface area contributed by atoms with E-state index in [9.17, 15) is 0 Å². The lowest BCUT2D eigenvalue weighted by Crippen LogP contribution is -2.29. The third-order valence-corrected chi connectivity index (χ3v) is 12.2. The van der Waals surface area contributed by atoms with Crippen LogP contribution in [0.5, 0.6) is 0 Å². The Labute approximate surface area is 315 Å². The van der Waals surface area contributed by atoms with E-state index >= 15 is 0 Å². The molecule has 2 saturated heterocycles. The van der Waals surface area contributed by atoms with Gasteiger partial charge in [0.05, 0.1) is 22.1 Å². The molecule has 9 aromatic rings. The molecule has 0 radical (unpaired) electrons. The van der Waals surface area contributed by atoms with Gasteiger partial charge < -0.3 is 9.80 Å². The fourth-order valence-corrected chi connectivity index (χ4v) is 9.66. The van der Waals surface area contributed by atoms with E-state index in [1.807, 2.05) is 0 Å². The first-order chi connectivity index (χ1) is 26.8. The monoisotopic (exact) mass is 698 g/mol. The van der Waals surface area contributed by atoms with E-state index in [1.54, 1.807) is 0 Å². The van der Waals surface area contributed by atoms with E-state index in [2.05, 4.69) is 143 Å². The van der Waals surface area contributed by atoms with Crippen LogP contribution in [-0.2, 0) is 0 Å². The van der Waals surface area contributed by atoms with Gasteiger partial charge in [0, 0.05) is 70.2 Å². The van der Waals surface area contributed by atoms with Crippen molar-refractivity contribution < 1.29 is 0 Å². The number of anilines is 2. The maximum atomic E-state index is 5.20. The summed E-state index contributed by atoms with van der Waals surface area (Å²) in [5, 5.41) is 9.89. The Kier molecular flexibility index (Phi) is 7.50. The molecule has 262 valence electrons. The van der Waals surface area contributed by atoms with Gasteiger partial charge in [0.25, 0.3) is 0 Å². The van der Waals surface area contributed by atoms with Crippen molar-refractivity contribution in [2.45, 2.75) is 38.5 Å². The van der Waals surface area contributed by atoms with Crippen LogP contribution >= 0.6 is 0 Å². The molecule has 54 heavy (non-hydrogen) atoms. The molecule has 7 aromatic carbocycles. The van der Waals surface area contributed by atoms with E-state index in [4.69, 9.17) is 9.97 Å². The van der Waals surface area contributed by atoms with Crippen LogP contribution in [0.2, 0.25) is 0 Å². The van der Waals surface area contributed by atoms with Gasteiger partial charge in [-0.3, -0.25) is 0 Å². The number of para-hydroxylation sites is 4. The first-order valence-corrected chi connectivity index (χ1v) is 19.9. The molecule has 2 fully saturated rings. The second kappa shape index (κ2) is 12.8. The van der Waals surface area contributed by atoms with Crippen molar-refractivity contribution in [1.82, 2.24) is 9.97 Å². The molecule has 0 atom stereocenters. The number of aromatic nitrogens is 2. The minimum Gasteiger partial charge on any atom is -0.372 e. The largest absolute Gasteiger partial charge is 0.372 e. The van der Waals surface area contributed by atoms with Gasteiger partial charge in [-0.1, -0.05) is 84.9 Å². The van der Waals surface area contributed by atoms with Crippen LogP contribution in [0.15, 0.2) is 133 Å². The number of piperidine rings is 2. The van der Waals surface area contributed by atoms with Crippen molar-refractivity contribution in [3.05, 3.63) is 133 Å². The van der Waals surface area contributed by atoms with Gasteiger partial charge in [-0.2, -0.15) is 0 Å². The number of nitrogens with zero attached hydrogens (tertiary/aromatic N) is 4. The van der Waals surface area contributed by atoms with E-state index in [0.29, 0.717) is 0 Å². The number of hydrogen-bond donors (Lipinski definition) is 0. The van der Waals surface area contributed by atoms with E-state index in [0.717, 1.165) is 48.2 Å². The summed E-state index contributed by atoms with van der Waals surface area (Å²) in [4.78, 5) is 15.6. The average molecular weight is 699 g/mol. The molecule has 4 nitrogen and oxygen atoms in total. The molecular formula is C50H42N4. The first kappa shape index (κ1) is 31.5. The summed E-state index contributed by atoms with van der Waals surface area (Å²) in [5.41, 5.74) is 11.9. The van der Waals surface area contributed by atoms with E-state index in [-0.39, 0.29) is 0 Å². The third-order valence-electron chi connectivity index (χ3n) is 12.2. The maximum absolute atomic E-state index is 5.20. The van der Waals surface area contributed by atoms with Gasteiger partial charge in [0.2, 0.25) is 0 Å². The zero-order valence-corrected chi connectivity index (χ0v) is 30.6. The summed E-state index contributed by atoms with van der Waals surface area (Å²) in [7, 11) is 0. The van der Waals surface area contributed by atoms with E-state index < -0.39 is 0 Å². The molecule has 0 unspecified atom stereocenters. The van der Waals surface area contributed by atoms with Crippen LogP contribution in [0.25, 0.3) is 87.4 Å². The van der Waals surface area contributed by atoms with Crippen molar-refractivity contribution in [3.63, 3.8) is 0 Å². The number of fused-ring (bicyclic) bond motifs is 6. The van der Waals surface area contributed by atoms with Gasteiger partial charge in [0.15, 0.2) is 0 Å². The second-order valence-electron chi connectivity index (χ2n) is 15.3. The van der Waals surface area contributed by atoms with Gasteiger partial charge >= 0.3 is 0 Å². The minimum atomic E-state index is 1.03. The molecular weight excluding hydrogens is 657 g/mol. The maximum Gasteiger partial charge on any atom is 0.0715 e. The topological polar surface area (TPSA) is 32.3 Å². The summed E-state index contributed by atoms with van der Waals surface area (Å²) in [5.74, 6) is 0. The van der Waals surface area contributed by atoms with Crippen molar-refractivity contribution in [1.29, 1.82) is 0 Å². The number of rotatable bonds is 4. The van der Waals surface area contributed by atoms with E-state index in [1.165, 1.54) is 115 Å². The van der Waals surface area contributed by atoms with Gasteiger partial charge in [-0.15, -0.1) is 0 Å². The molecule has 11 rings (SSSR count). The second-order valence-corrected chi connectivity index (χ2v) is 15.3. The molecule has 0 aliphatic carbocycles. The molecule has 0 saturated carbocycles. The molecule has 0 bridgehead atoms. The first-order valence-electron chi connectivity index (χ1n) is 19.9. The standard InChI is InChI=1S/C50H42N4/c1-11-27-53(28-12-1)33-23-25-35-41(31-33)47(49-37-15-3-7-19-43(37)51-44-20-8-4-16-38(44)49)36-26-24-34(54-29-13-2-14-30-54)32-42(36)48(35)50-39-17-5-9-21-45(39)52-46-22-10-6-18-40(46)50/h3-10,15-26,31-32H,1-2,11-14,27-30H2. The Hall–Kier alpha value is -6.00. The van der Waals surface area contributed by atoms with Crippen LogP contribution < -0.4 is 9.80 Å². The minimum absolute atomic E-state index is 1.03. The van der Waals surface area contributed by atoms with Gasteiger partial charge in [-0.05, 0) is 120 Å². The molecule has 4 heterocycles. The molecule has 0 amide bonds. The lowest BCUT2D eigenvalue weighted by atomic mass is 9.82. The number of pyridine rings is 2. The fourth-order valence-electron chi connectivity index (χ4n) is 9.66. The molecule has 0 N–H and O–H groups in total. The highest BCUT2D eigenvalue weighted by Crippen LogP contribution is 2.51. The Morgan fingerprint density at radius 3 is 0.963 bits per heavy atom. The quantitative estimate of drug-likeness (QED) is 0.171. The zero-order chi connectivity index (χ0) is 35.6. The average Bonchev–Trinajstić information content (AvgIpc) is 3.24. The predicted molar refractivity (Wildman–Crippen MR) is 230 cm³/mol. The smallest absolute Gasteiger partial charge is 0.0715 e. The van der Waals surface area contributed by atoms with Crippen molar-refractivity contribution in [2.75, 3.05) is 36.0 Å². The fraction of sp³-hybridized carbons (Fsp3) is 0.200. The summed E-state index contributed by atoms with van der Waals surface area (Å²) >= 11 is 0. The van der Waals surface area contributed by atoms with Crippen LogP contribution in [-0.4, -0.2) is 36.1 Å². The van der Waals surface area contributed by atoms with Crippen LogP contribution in [0.1, 0.15) is 38.5 Å². The highest BCUT2D eigenvalue weighted by molar-refractivity contribution is 6.30. The molecule has 2 aliphatic rings. The Morgan fingerprint density at radius 2 is 0.611 bits per heavy atom. The van der Waals surface area contributed by atoms with Crippen LogP contribution in [0.3, 0.4) is 0 Å². The SMILES string of the molecule is c1ccc2c(-c3c4ccc(N5CCCCC5)cc4c(-c4c5ccccc5nc5ccccc45)c4ccc(N5CCCCC5)cc34)c3ccccc3nc2c1. The zero-order valence-electron chi connectivity index (χ0n) is 30.6. The van der Waals surface area contributed by atoms with Crippen molar-refractivity contribution in [2.24, 2.45) is 0 Å². The normalized spacial score (nSPS) is 15.3. The Bertz CT molecular complexity index is 2610. The van der Waals surface area contributed by atoms with Crippen LogP contribution in [0.4, 0.5) is 11.4 Å². The Morgan fingerprint density at radius 1 is 0.296 bits per heavy atom. The highest BCUT2D eigenvalue weighted by Gasteiger charge is 2.25. The van der Waals surface area contributed by atoms with Crippen molar-refractivity contribution in [3.8, 4) is 22.3 Å². The van der Waals surface area contributed by atoms with Gasteiger partial charge in [0.1, 0.15) is 0 Å².